The van der Waals surface area contributed by atoms with Crippen molar-refractivity contribution in [2.45, 2.75) is 95.8 Å². The van der Waals surface area contributed by atoms with Gasteiger partial charge >= 0.3 is 18.3 Å². The Balaban J connectivity index is 1.33. The van der Waals surface area contributed by atoms with Crippen LogP contribution in [0.25, 0.3) is 0 Å². The molecule has 1 N–H and O–H groups in total. The van der Waals surface area contributed by atoms with Crippen molar-refractivity contribution in [2.24, 2.45) is 23.7 Å². The highest BCUT2D eigenvalue weighted by atomic mass is 19.4. The highest BCUT2D eigenvalue weighted by Gasteiger charge is 2.44. The Kier molecular flexibility index (Phi) is 8.57. The highest BCUT2D eigenvalue weighted by molar-refractivity contribution is 5.71. The fourth-order valence-electron chi connectivity index (χ4n) is 7.47. The normalized spacial score (nSPS) is 26.5. The number of hydrogen-bond acceptors (Lipinski definition) is 3. The molecule has 0 spiro atoms. The van der Waals surface area contributed by atoms with Gasteiger partial charge in [0.15, 0.2) is 0 Å². The molecule has 5 unspecified atom stereocenters. The van der Waals surface area contributed by atoms with Gasteiger partial charge in [0.05, 0.1) is 17.0 Å². The lowest BCUT2D eigenvalue weighted by Crippen LogP contribution is -2.35. The van der Waals surface area contributed by atoms with Gasteiger partial charge < -0.3 is 9.84 Å². The summed E-state index contributed by atoms with van der Waals surface area (Å²) in [6.45, 7) is 5.39. The lowest BCUT2D eigenvalue weighted by Gasteiger charge is -2.35. The molecular formula is C33H39F6NO3. The molecule has 0 bridgehead atoms. The van der Waals surface area contributed by atoms with Gasteiger partial charge in [-0.3, -0.25) is 9.69 Å². The molecule has 0 saturated heterocycles. The third kappa shape index (κ3) is 6.54. The van der Waals surface area contributed by atoms with Gasteiger partial charge in [-0.2, -0.15) is 26.3 Å². The molecule has 1 aliphatic heterocycles. The van der Waals surface area contributed by atoms with Gasteiger partial charge in [0, 0.05) is 12.1 Å². The van der Waals surface area contributed by atoms with Gasteiger partial charge in [-0.25, -0.2) is 0 Å². The average Bonchev–Trinajstić information content (AvgIpc) is 3.70. The predicted octanol–water partition coefficient (Wildman–Crippen LogP) is 8.74. The van der Waals surface area contributed by atoms with E-state index in [2.05, 4.69) is 6.92 Å². The van der Waals surface area contributed by atoms with Crippen LogP contribution in [0.3, 0.4) is 0 Å². The second-order valence-electron chi connectivity index (χ2n) is 13.0. The zero-order chi connectivity index (χ0) is 31.4. The van der Waals surface area contributed by atoms with Gasteiger partial charge in [-0.15, -0.1) is 0 Å². The minimum Gasteiger partial charge on any atom is -0.490 e. The molecule has 3 aliphatic rings. The first-order valence-corrected chi connectivity index (χ1v) is 15.1. The molecule has 5 rings (SSSR count). The van der Waals surface area contributed by atoms with E-state index in [-0.39, 0.29) is 35.5 Å². The summed E-state index contributed by atoms with van der Waals surface area (Å²) in [5.41, 5.74) is -0.466. The topological polar surface area (TPSA) is 49.8 Å². The van der Waals surface area contributed by atoms with Gasteiger partial charge in [-0.05, 0) is 117 Å². The SMILES string of the molecule is CC1CC(N(C)[C@H](C)c2cc(C(F)(F)F)ccc2C(F)(F)F)CC1C1CCc2ccc(C(C3CC3)[C@H](C)C(=O)O)cc2O1. The monoisotopic (exact) mass is 611 g/mol. The summed E-state index contributed by atoms with van der Waals surface area (Å²) in [7, 11) is 1.69. The highest BCUT2D eigenvalue weighted by Crippen LogP contribution is 2.49. The number of hydrogen-bond donors (Lipinski definition) is 1. The third-order valence-corrected chi connectivity index (χ3v) is 10.2. The number of benzene rings is 2. The number of carbonyl (C=O) groups is 1. The largest absolute Gasteiger partial charge is 0.490 e. The Morgan fingerprint density at radius 3 is 2.28 bits per heavy atom. The first kappa shape index (κ1) is 31.7. The maximum absolute atomic E-state index is 13.8. The summed E-state index contributed by atoms with van der Waals surface area (Å²) in [4.78, 5) is 13.6. The van der Waals surface area contributed by atoms with E-state index in [9.17, 15) is 36.2 Å². The van der Waals surface area contributed by atoms with Crippen LogP contribution in [0, 0.1) is 23.7 Å². The van der Waals surface area contributed by atoms with Crippen LogP contribution in [0.15, 0.2) is 36.4 Å². The molecule has 4 nitrogen and oxygen atoms in total. The van der Waals surface area contributed by atoms with Crippen LogP contribution in [-0.4, -0.2) is 35.2 Å². The molecule has 2 aromatic rings. The van der Waals surface area contributed by atoms with Crippen LogP contribution in [-0.2, 0) is 23.6 Å². The van der Waals surface area contributed by atoms with Crippen LogP contribution in [0.5, 0.6) is 5.75 Å². The van der Waals surface area contributed by atoms with Crippen molar-refractivity contribution in [3.63, 3.8) is 0 Å². The van der Waals surface area contributed by atoms with Crippen molar-refractivity contribution >= 4 is 5.97 Å². The van der Waals surface area contributed by atoms with Crippen LogP contribution in [0.4, 0.5) is 26.3 Å². The number of fused-ring (bicyclic) bond motifs is 1. The number of aliphatic carboxylic acids is 1. The molecule has 2 saturated carbocycles. The van der Waals surface area contributed by atoms with Crippen molar-refractivity contribution in [2.75, 3.05) is 7.05 Å². The van der Waals surface area contributed by atoms with E-state index in [1.807, 2.05) is 18.2 Å². The number of aryl methyl sites for hydroxylation is 1. The Hall–Kier alpha value is -2.75. The maximum Gasteiger partial charge on any atom is 0.416 e. The van der Waals surface area contributed by atoms with E-state index < -0.39 is 41.4 Å². The Morgan fingerprint density at radius 2 is 1.67 bits per heavy atom. The molecular weight excluding hydrogens is 572 g/mol. The smallest absolute Gasteiger partial charge is 0.416 e. The van der Waals surface area contributed by atoms with Crippen LogP contribution >= 0.6 is 0 Å². The number of alkyl halides is 6. The second-order valence-corrected chi connectivity index (χ2v) is 13.0. The molecule has 7 atom stereocenters. The Morgan fingerprint density at radius 1 is 0.977 bits per heavy atom. The van der Waals surface area contributed by atoms with Crippen molar-refractivity contribution in [1.29, 1.82) is 0 Å². The summed E-state index contributed by atoms with van der Waals surface area (Å²) in [5, 5.41) is 9.69. The first-order chi connectivity index (χ1) is 20.1. The lowest BCUT2D eigenvalue weighted by atomic mass is 9.82. The van der Waals surface area contributed by atoms with Gasteiger partial charge in [0.1, 0.15) is 11.9 Å². The van der Waals surface area contributed by atoms with Crippen molar-refractivity contribution < 1.29 is 41.0 Å². The van der Waals surface area contributed by atoms with Crippen LogP contribution in [0.1, 0.15) is 92.7 Å². The quantitative estimate of drug-likeness (QED) is 0.303. The van der Waals surface area contributed by atoms with E-state index in [0.717, 1.165) is 42.6 Å². The molecule has 0 radical (unpaired) electrons. The van der Waals surface area contributed by atoms with Gasteiger partial charge in [0.2, 0.25) is 0 Å². The predicted molar refractivity (Wildman–Crippen MR) is 150 cm³/mol. The van der Waals surface area contributed by atoms with E-state index in [1.165, 1.54) is 6.92 Å². The Bertz CT molecular complexity index is 1340. The molecule has 0 aromatic heterocycles. The van der Waals surface area contributed by atoms with Crippen LogP contribution in [0.2, 0.25) is 0 Å². The lowest BCUT2D eigenvalue weighted by molar-refractivity contribution is -0.142. The van der Waals surface area contributed by atoms with Crippen molar-refractivity contribution in [1.82, 2.24) is 4.90 Å². The summed E-state index contributed by atoms with van der Waals surface area (Å²) in [6.07, 6.45) is -4.66. The Labute approximate surface area is 248 Å². The standard InChI is InChI=1S/C33H39F6NO3/c1-17-13-24(40(4)19(3)26-15-23(32(34,35)36)10-11-27(26)33(37,38)39)16-25(17)28-12-9-20-5-8-22(14-29(20)43-28)30(21-6-7-21)18(2)31(41)42/h5,8,10-11,14-15,17-19,21,24-25,28,30H,6-7,9,12-13,16H2,1-4H3,(H,41,42)/t17?,18-,19+,24?,25?,28?,30?/m0/s1. The number of rotatable bonds is 8. The number of ether oxygens (including phenoxy) is 1. The van der Waals surface area contributed by atoms with Gasteiger partial charge in [0.25, 0.3) is 0 Å². The van der Waals surface area contributed by atoms with Crippen molar-refractivity contribution in [3.8, 4) is 5.75 Å². The number of nitrogens with zero attached hydrogens (tertiary/aromatic N) is 1. The number of halogens is 6. The summed E-state index contributed by atoms with van der Waals surface area (Å²) in [5.74, 6) is 0.0490. The summed E-state index contributed by atoms with van der Waals surface area (Å²) >= 11 is 0. The molecule has 2 aliphatic carbocycles. The first-order valence-electron chi connectivity index (χ1n) is 15.1. The second kappa shape index (κ2) is 11.6. The molecule has 0 amide bonds. The number of carboxylic acids is 1. The summed E-state index contributed by atoms with van der Waals surface area (Å²) in [6, 6.07) is 6.71. The van der Waals surface area contributed by atoms with E-state index in [1.54, 1.807) is 18.9 Å². The summed E-state index contributed by atoms with van der Waals surface area (Å²) < 4.78 is 88.3. The van der Waals surface area contributed by atoms with E-state index >= 15 is 0 Å². The number of carboxylic acid groups (broad SMARTS) is 1. The maximum atomic E-state index is 13.8. The van der Waals surface area contributed by atoms with E-state index in [4.69, 9.17) is 4.74 Å². The zero-order valence-electron chi connectivity index (χ0n) is 24.8. The van der Waals surface area contributed by atoms with Gasteiger partial charge in [-0.1, -0.05) is 26.0 Å². The minimum atomic E-state index is -4.77. The molecule has 43 heavy (non-hydrogen) atoms. The van der Waals surface area contributed by atoms with Crippen LogP contribution < -0.4 is 4.74 Å². The molecule has 236 valence electrons. The fourth-order valence-corrected chi connectivity index (χ4v) is 7.47. The average molecular weight is 612 g/mol. The molecule has 2 aromatic carbocycles. The molecule has 1 heterocycles. The molecule has 10 heteroatoms. The van der Waals surface area contributed by atoms with Crippen molar-refractivity contribution in [3.05, 3.63) is 64.2 Å². The third-order valence-electron chi connectivity index (χ3n) is 10.2. The minimum absolute atomic E-state index is 0.0749. The zero-order valence-corrected chi connectivity index (χ0v) is 24.8. The molecule has 2 fully saturated rings. The fraction of sp³-hybridized carbons (Fsp3) is 0.606. The van der Waals surface area contributed by atoms with E-state index in [0.29, 0.717) is 37.0 Å².